The minimum atomic E-state index is -0.890. The SMILES string of the molecule is CC(C)CC(=O)N(CC(C)C(=O)O)c1ccccc1. The van der Waals surface area contributed by atoms with Crippen LogP contribution in [0.1, 0.15) is 27.2 Å². The summed E-state index contributed by atoms with van der Waals surface area (Å²) < 4.78 is 0. The fourth-order valence-electron chi connectivity index (χ4n) is 1.77. The van der Waals surface area contributed by atoms with E-state index in [1.807, 2.05) is 44.2 Å². The molecule has 19 heavy (non-hydrogen) atoms. The Hall–Kier alpha value is -1.84. The van der Waals surface area contributed by atoms with Crippen molar-refractivity contribution in [3.05, 3.63) is 30.3 Å². The highest BCUT2D eigenvalue weighted by Crippen LogP contribution is 2.18. The number of para-hydroxylation sites is 1. The monoisotopic (exact) mass is 263 g/mol. The zero-order valence-electron chi connectivity index (χ0n) is 11.7. The van der Waals surface area contributed by atoms with Gasteiger partial charge in [-0.3, -0.25) is 9.59 Å². The lowest BCUT2D eigenvalue weighted by atomic mass is 10.1. The van der Waals surface area contributed by atoms with Gasteiger partial charge in [-0.1, -0.05) is 39.0 Å². The third-order valence-corrected chi connectivity index (χ3v) is 2.83. The Morgan fingerprint density at radius 2 is 1.74 bits per heavy atom. The fourth-order valence-corrected chi connectivity index (χ4v) is 1.77. The molecule has 104 valence electrons. The Labute approximate surface area is 114 Å². The maximum atomic E-state index is 12.2. The molecule has 0 aliphatic heterocycles. The van der Waals surface area contributed by atoms with Gasteiger partial charge in [-0.25, -0.2) is 0 Å². The van der Waals surface area contributed by atoms with E-state index in [1.54, 1.807) is 11.8 Å². The summed E-state index contributed by atoms with van der Waals surface area (Å²) >= 11 is 0. The van der Waals surface area contributed by atoms with Crippen molar-refractivity contribution >= 4 is 17.6 Å². The molecule has 0 radical (unpaired) electrons. The number of amides is 1. The smallest absolute Gasteiger partial charge is 0.308 e. The van der Waals surface area contributed by atoms with Gasteiger partial charge in [0.15, 0.2) is 0 Å². The molecule has 1 rings (SSSR count). The lowest BCUT2D eigenvalue weighted by Gasteiger charge is -2.25. The first kappa shape index (κ1) is 15.2. The van der Waals surface area contributed by atoms with E-state index in [0.717, 1.165) is 5.69 Å². The van der Waals surface area contributed by atoms with Crippen LogP contribution in [0.15, 0.2) is 30.3 Å². The molecule has 1 atom stereocenters. The predicted octanol–water partition coefficient (Wildman–Crippen LogP) is 2.79. The molecule has 0 aliphatic carbocycles. The summed E-state index contributed by atoms with van der Waals surface area (Å²) in [6, 6.07) is 9.21. The molecule has 1 amide bonds. The van der Waals surface area contributed by atoms with Crippen molar-refractivity contribution in [2.75, 3.05) is 11.4 Å². The lowest BCUT2D eigenvalue weighted by Crippen LogP contribution is -2.37. The van der Waals surface area contributed by atoms with Crippen LogP contribution in [0.4, 0.5) is 5.69 Å². The summed E-state index contributed by atoms with van der Waals surface area (Å²) in [6.45, 7) is 5.76. The predicted molar refractivity (Wildman–Crippen MR) is 75.0 cm³/mol. The van der Waals surface area contributed by atoms with Crippen molar-refractivity contribution in [1.29, 1.82) is 0 Å². The number of nitrogens with zero attached hydrogens (tertiary/aromatic N) is 1. The number of benzene rings is 1. The minimum Gasteiger partial charge on any atom is -0.481 e. The highest BCUT2D eigenvalue weighted by Gasteiger charge is 2.22. The van der Waals surface area contributed by atoms with Crippen LogP contribution in [0, 0.1) is 11.8 Å². The molecule has 1 aromatic carbocycles. The van der Waals surface area contributed by atoms with Crippen LogP contribution >= 0.6 is 0 Å². The molecule has 0 spiro atoms. The maximum Gasteiger partial charge on any atom is 0.308 e. The average Bonchev–Trinajstić information content (AvgIpc) is 2.35. The van der Waals surface area contributed by atoms with Crippen molar-refractivity contribution in [1.82, 2.24) is 0 Å². The Morgan fingerprint density at radius 1 is 1.16 bits per heavy atom. The van der Waals surface area contributed by atoms with E-state index in [4.69, 9.17) is 5.11 Å². The van der Waals surface area contributed by atoms with Crippen molar-refractivity contribution < 1.29 is 14.7 Å². The van der Waals surface area contributed by atoms with Crippen LogP contribution in [-0.4, -0.2) is 23.5 Å². The number of hydrogen-bond acceptors (Lipinski definition) is 2. The summed E-state index contributed by atoms with van der Waals surface area (Å²) in [5.74, 6) is -1.26. The Bertz CT molecular complexity index is 428. The van der Waals surface area contributed by atoms with Crippen molar-refractivity contribution in [2.24, 2.45) is 11.8 Å². The van der Waals surface area contributed by atoms with Gasteiger partial charge >= 0.3 is 5.97 Å². The third kappa shape index (κ3) is 4.73. The second kappa shape index (κ2) is 6.92. The molecular weight excluding hydrogens is 242 g/mol. The van der Waals surface area contributed by atoms with Gasteiger partial charge in [-0.15, -0.1) is 0 Å². The van der Waals surface area contributed by atoms with Crippen LogP contribution in [0.2, 0.25) is 0 Å². The number of rotatable bonds is 6. The first-order valence-corrected chi connectivity index (χ1v) is 6.50. The lowest BCUT2D eigenvalue weighted by molar-refractivity contribution is -0.140. The second-order valence-corrected chi connectivity index (χ2v) is 5.18. The van der Waals surface area contributed by atoms with Gasteiger partial charge in [0, 0.05) is 18.7 Å². The standard InChI is InChI=1S/C15H21NO3/c1-11(2)9-14(17)16(10-12(3)15(18)19)13-7-5-4-6-8-13/h4-8,11-12H,9-10H2,1-3H3,(H,18,19). The zero-order chi connectivity index (χ0) is 14.4. The number of aliphatic carboxylic acids is 1. The first-order valence-electron chi connectivity index (χ1n) is 6.50. The fraction of sp³-hybridized carbons (Fsp3) is 0.467. The number of carbonyl (C=O) groups excluding carboxylic acids is 1. The van der Waals surface area contributed by atoms with E-state index in [9.17, 15) is 9.59 Å². The van der Waals surface area contributed by atoms with E-state index in [0.29, 0.717) is 6.42 Å². The van der Waals surface area contributed by atoms with Gasteiger partial charge in [0.1, 0.15) is 0 Å². The number of carboxylic acid groups (broad SMARTS) is 1. The van der Waals surface area contributed by atoms with E-state index in [-0.39, 0.29) is 18.4 Å². The average molecular weight is 263 g/mol. The minimum absolute atomic E-state index is 0.0331. The van der Waals surface area contributed by atoms with Crippen LogP contribution in [-0.2, 0) is 9.59 Å². The third-order valence-electron chi connectivity index (χ3n) is 2.83. The van der Waals surface area contributed by atoms with Crippen molar-refractivity contribution in [3.63, 3.8) is 0 Å². The normalized spacial score (nSPS) is 12.2. The Morgan fingerprint density at radius 3 is 2.21 bits per heavy atom. The molecule has 4 heteroatoms. The van der Waals surface area contributed by atoms with Gasteiger partial charge in [0.25, 0.3) is 0 Å². The second-order valence-electron chi connectivity index (χ2n) is 5.18. The summed E-state index contributed by atoms with van der Waals surface area (Å²) in [6.07, 6.45) is 0.418. The van der Waals surface area contributed by atoms with Crippen LogP contribution < -0.4 is 4.90 Å². The maximum absolute atomic E-state index is 12.2. The molecule has 0 heterocycles. The number of hydrogen-bond donors (Lipinski definition) is 1. The van der Waals surface area contributed by atoms with E-state index in [1.165, 1.54) is 0 Å². The van der Waals surface area contributed by atoms with E-state index in [2.05, 4.69) is 0 Å². The summed E-state index contributed by atoms with van der Waals surface area (Å²) in [4.78, 5) is 24.8. The highest BCUT2D eigenvalue weighted by atomic mass is 16.4. The largest absolute Gasteiger partial charge is 0.481 e. The van der Waals surface area contributed by atoms with Crippen molar-refractivity contribution in [2.45, 2.75) is 27.2 Å². The molecule has 1 aromatic rings. The van der Waals surface area contributed by atoms with E-state index < -0.39 is 11.9 Å². The van der Waals surface area contributed by atoms with Gasteiger partial charge in [0.05, 0.1) is 5.92 Å². The van der Waals surface area contributed by atoms with Gasteiger partial charge in [-0.05, 0) is 18.1 Å². The van der Waals surface area contributed by atoms with Gasteiger partial charge in [0.2, 0.25) is 5.91 Å². The molecule has 0 bridgehead atoms. The molecule has 0 saturated carbocycles. The van der Waals surface area contributed by atoms with Crippen LogP contribution in [0.25, 0.3) is 0 Å². The van der Waals surface area contributed by atoms with E-state index >= 15 is 0 Å². The first-order chi connectivity index (χ1) is 8.91. The molecule has 0 aromatic heterocycles. The topological polar surface area (TPSA) is 57.6 Å². The Kier molecular flexibility index (Phi) is 5.55. The molecule has 0 fully saturated rings. The summed E-state index contributed by atoms with van der Waals surface area (Å²) in [5, 5.41) is 9.00. The number of carboxylic acids is 1. The summed E-state index contributed by atoms with van der Waals surface area (Å²) in [7, 11) is 0. The van der Waals surface area contributed by atoms with Crippen LogP contribution in [0.3, 0.4) is 0 Å². The molecule has 1 N–H and O–H groups in total. The van der Waals surface area contributed by atoms with Gasteiger partial charge < -0.3 is 10.0 Å². The Balaban J connectivity index is 2.91. The molecule has 0 aliphatic rings. The van der Waals surface area contributed by atoms with Gasteiger partial charge in [-0.2, -0.15) is 0 Å². The van der Waals surface area contributed by atoms with Crippen LogP contribution in [0.5, 0.6) is 0 Å². The number of carbonyl (C=O) groups is 2. The summed E-state index contributed by atoms with van der Waals surface area (Å²) in [5.41, 5.74) is 0.751. The molecule has 0 saturated heterocycles. The molecule has 4 nitrogen and oxygen atoms in total. The van der Waals surface area contributed by atoms with Crippen molar-refractivity contribution in [3.8, 4) is 0 Å². The molecular formula is C15H21NO3. The highest BCUT2D eigenvalue weighted by molar-refractivity contribution is 5.94. The quantitative estimate of drug-likeness (QED) is 0.858. The molecule has 1 unspecified atom stereocenters. The number of anilines is 1. The zero-order valence-corrected chi connectivity index (χ0v) is 11.7.